The van der Waals surface area contributed by atoms with E-state index in [1.807, 2.05) is 20.8 Å². The van der Waals surface area contributed by atoms with E-state index in [0.29, 0.717) is 18.8 Å². The van der Waals surface area contributed by atoms with Crippen molar-refractivity contribution < 1.29 is 14.3 Å². The van der Waals surface area contributed by atoms with Crippen LogP contribution >= 0.6 is 0 Å². The van der Waals surface area contributed by atoms with Gasteiger partial charge in [-0.15, -0.1) is 0 Å². The maximum atomic E-state index is 10.9. The van der Waals surface area contributed by atoms with Gasteiger partial charge in [-0.25, -0.2) is 4.79 Å². The molecule has 0 saturated carbocycles. The van der Waals surface area contributed by atoms with Gasteiger partial charge in [-0.3, -0.25) is 0 Å². The monoisotopic (exact) mass is 202 g/mol. The maximum absolute atomic E-state index is 10.9. The van der Waals surface area contributed by atoms with Gasteiger partial charge in [0.05, 0.1) is 6.61 Å². The molecule has 14 heavy (non-hydrogen) atoms. The Morgan fingerprint density at radius 2 is 1.93 bits per heavy atom. The molecule has 0 amide bonds. The number of carbonyl (C=O) groups excluding carboxylic acids is 1. The van der Waals surface area contributed by atoms with E-state index in [0.717, 1.165) is 0 Å². The number of ether oxygens (including phenoxy) is 2. The van der Waals surface area contributed by atoms with E-state index in [2.05, 4.69) is 6.58 Å². The summed E-state index contributed by atoms with van der Waals surface area (Å²) in [7, 11) is 0. The van der Waals surface area contributed by atoms with Gasteiger partial charge in [-0.05, 0) is 20.8 Å². The second kappa shape index (κ2) is 10.3. The van der Waals surface area contributed by atoms with Crippen LogP contribution in [0.3, 0.4) is 0 Å². The second-order valence-corrected chi connectivity index (χ2v) is 2.66. The minimum atomic E-state index is -0.359. The molecule has 1 unspecified atom stereocenters. The van der Waals surface area contributed by atoms with E-state index < -0.39 is 0 Å². The lowest BCUT2D eigenvalue weighted by atomic mass is 10.3. The average molecular weight is 202 g/mol. The van der Waals surface area contributed by atoms with Crippen LogP contribution in [0.2, 0.25) is 0 Å². The molecular formula is C11H22O3. The Hall–Kier alpha value is -0.830. The number of hydrogen-bond acceptors (Lipinski definition) is 3. The van der Waals surface area contributed by atoms with Crippen LogP contribution in [0.4, 0.5) is 0 Å². The molecule has 0 rings (SSSR count). The molecule has 0 spiro atoms. The summed E-state index contributed by atoms with van der Waals surface area (Å²) in [6.07, 6.45) is -0.200. The Labute approximate surface area is 87.1 Å². The fraction of sp³-hybridized carbons (Fsp3) is 0.727. The molecule has 0 N–H and O–H groups in total. The maximum Gasteiger partial charge on any atom is 0.333 e. The number of esters is 1. The molecule has 0 aromatic carbocycles. The predicted octanol–water partition coefficient (Wildman–Crippen LogP) is 2.56. The normalized spacial score (nSPS) is 10.9. The Morgan fingerprint density at radius 1 is 1.43 bits per heavy atom. The van der Waals surface area contributed by atoms with Crippen LogP contribution in [0, 0.1) is 0 Å². The van der Waals surface area contributed by atoms with Crippen LogP contribution < -0.4 is 0 Å². The molecule has 0 fully saturated rings. The number of carbonyl (C=O) groups is 1. The molecule has 0 heterocycles. The minimum Gasteiger partial charge on any atom is -0.457 e. The first kappa shape index (κ1) is 15.6. The molecule has 0 saturated heterocycles. The lowest BCUT2D eigenvalue weighted by Gasteiger charge is -2.12. The van der Waals surface area contributed by atoms with Crippen molar-refractivity contribution in [3.05, 3.63) is 12.2 Å². The van der Waals surface area contributed by atoms with E-state index in [9.17, 15) is 4.79 Å². The number of rotatable bonds is 5. The molecule has 0 bridgehead atoms. The van der Waals surface area contributed by atoms with Gasteiger partial charge in [0.15, 0.2) is 0 Å². The summed E-state index contributed by atoms with van der Waals surface area (Å²) in [5, 5.41) is 0. The third-order valence-electron chi connectivity index (χ3n) is 1.21. The predicted molar refractivity (Wildman–Crippen MR) is 58.2 cm³/mol. The van der Waals surface area contributed by atoms with Crippen molar-refractivity contribution in [3.8, 4) is 0 Å². The van der Waals surface area contributed by atoms with Crippen LogP contribution in [0.5, 0.6) is 0 Å². The molecule has 0 radical (unpaired) electrons. The molecule has 0 aromatic heterocycles. The topological polar surface area (TPSA) is 35.5 Å². The second-order valence-electron chi connectivity index (χ2n) is 2.66. The quantitative estimate of drug-likeness (QED) is 0.507. The zero-order chi connectivity index (χ0) is 11.6. The van der Waals surface area contributed by atoms with E-state index in [1.54, 1.807) is 13.8 Å². The molecule has 3 heteroatoms. The Morgan fingerprint density at radius 3 is 2.29 bits per heavy atom. The van der Waals surface area contributed by atoms with Crippen LogP contribution in [0.15, 0.2) is 12.2 Å². The first-order valence-corrected chi connectivity index (χ1v) is 5.02. The van der Waals surface area contributed by atoms with Gasteiger partial charge in [0, 0.05) is 12.2 Å². The lowest BCUT2D eigenvalue weighted by Crippen LogP contribution is -2.20. The summed E-state index contributed by atoms with van der Waals surface area (Å²) in [5.41, 5.74) is 0.415. The van der Waals surface area contributed by atoms with Gasteiger partial charge < -0.3 is 9.47 Å². The third-order valence-corrected chi connectivity index (χ3v) is 1.21. The van der Waals surface area contributed by atoms with Crippen molar-refractivity contribution in [2.45, 2.75) is 40.7 Å². The van der Waals surface area contributed by atoms with Crippen LogP contribution in [0.25, 0.3) is 0 Å². The van der Waals surface area contributed by atoms with E-state index in [4.69, 9.17) is 9.47 Å². The highest BCUT2D eigenvalue weighted by Crippen LogP contribution is 1.98. The highest BCUT2D eigenvalue weighted by Gasteiger charge is 2.08. The summed E-state index contributed by atoms with van der Waals surface area (Å²) in [4.78, 5) is 10.9. The first-order valence-electron chi connectivity index (χ1n) is 5.02. The highest BCUT2D eigenvalue weighted by molar-refractivity contribution is 5.87. The van der Waals surface area contributed by atoms with Crippen LogP contribution in [-0.4, -0.2) is 25.3 Å². The summed E-state index contributed by atoms with van der Waals surface area (Å²) in [5.74, 6) is -0.359. The fourth-order valence-electron chi connectivity index (χ4n) is 0.601. The molecule has 0 aliphatic carbocycles. The van der Waals surface area contributed by atoms with Gasteiger partial charge in [0.1, 0.15) is 6.10 Å². The highest BCUT2D eigenvalue weighted by atomic mass is 16.6. The zero-order valence-corrected chi connectivity index (χ0v) is 9.92. The van der Waals surface area contributed by atoms with Gasteiger partial charge in [-0.1, -0.05) is 20.4 Å². The van der Waals surface area contributed by atoms with Gasteiger partial charge in [0.2, 0.25) is 0 Å². The Bertz CT molecular complexity index is 164. The summed E-state index contributed by atoms with van der Waals surface area (Å²) >= 11 is 0. The molecule has 0 aliphatic heterocycles. The van der Waals surface area contributed by atoms with Gasteiger partial charge in [-0.2, -0.15) is 0 Å². The first-order chi connectivity index (χ1) is 6.57. The van der Waals surface area contributed by atoms with Crippen LogP contribution in [-0.2, 0) is 14.3 Å². The van der Waals surface area contributed by atoms with Crippen molar-refractivity contribution in [3.63, 3.8) is 0 Å². The fourth-order valence-corrected chi connectivity index (χ4v) is 0.601. The van der Waals surface area contributed by atoms with Crippen molar-refractivity contribution in [1.82, 2.24) is 0 Å². The van der Waals surface area contributed by atoms with Crippen molar-refractivity contribution >= 4 is 5.97 Å². The molecule has 0 aliphatic rings. The lowest BCUT2D eigenvalue weighted by molar-refractivity contribution is -0.146. The smallest absolute Gasteiger partial charge is 0.333 e. The Kier molecular flexibility index (Phi) is 11.4. The van der Waals surface area contributed by atoms with Crippen molar-refractivity contribution in [2.75, 3.05) is 13.2 Å². The summed E-state index contributed by atoms with van der Waals surface area (Å²) in [6, 6.07) is 0. The number of hydrogen-bond donors (Lipinski definition) is 0. The van der Waals surface area contributed by atoms with Crippen molar-refractivity contribution in [1.29, 1.82) is 0 Å². The molecule has 1 atom stereocenters. The van der Waals surface area contributed by atoms with E-state index in [-0.39, 0.29) is 12.1 Å². The van der Waals surface area contributed by atoms with E-state index in [1.165, 1.54) is 0 Å². The molecular weight excluding hydrogens is 180 g/mol. The zero-order valence-electron chi connectivity index (χ0n) is 9.92. The molecule has 0 aromatic rings. The standard InChI is InChI=1S/C9H16O3.C2H6/c1-5-11-6-8(4)12-9(10)7(2)3;1-2/h8H,2,5-6H2,1,3-4H3;1-2H3. The van der Waals surface area contributed by atoms with Crippen LogP contribution in [0.1, 0.15) is 34.6 Å². The van der Waals surface area contributed by atoms with Crippen molar-refractivity contribution in [2.24, 2.45) is 0 Å². The molecule has 3 nitrogen and oxygen atoms in total. The van der Waals surface area contributed by atoms with E-state index >= 15 is 0 Å². The van der Waals surface area contributed by atoms with Gasteiger partial charge in [0.25, 0.3) is 0 Å². The summed E-state index contributed by atoms with van der Waals surface area (Å²) < 4.78 is 10.0. The SMILES string of the molecule is C=C(C)C(=O)OC(C)COCC.CC. The Balaban J connectivity index is 0. The molecule has 84 valence electrons. The largest absolute Gasteiger partial charge is 0.457 e. The average Bonchev–Trinajstić information content (AvgIpc) is 2.17. The third kappa shape index (κ3) is 9.26. The van der Waals surface area contributed by atoms with Gasteiger partial charge >= 0.3 is 5.97 Å². The minimum absolute atomic E-state index is 0.200. The summed E-state index contributed by atoms with van der Waals surface area (Å²) in [6.45, 7) is 13.9.